The summed E-state index contributed by atoms with van der Waals surface area (Å²) in [6.07, 6.45) is 2.02. The first kappa shape index (κ1) is 14.6. The number of thioether (sulfide) groups is 1. The first-order valence-electron chi connectivity index (χ1n) is 5.48. The van der Waals surface area contributed by atoms with Crippen LogP contribution in [0.4, 0.5) is 5.95 Å². The summed E-state index contributed by atoms with van der Waals surface area (Å²) in [6.45, 7) is 0.280. The molecule has 1 saturated heterocycles. The standard InChI is InChI=1S/C9H13ClN4O3S2/c1-13-9(18-2)11-8(12-13)14-4-6(3-7(14)15)5-19(10,16)17/h6H,3-5H2,1-2H3. The fourth-order valence-corrected chi connectivity index (χ4v) is 3.82. The van der Waals surface area contributed by atoms with Crippen molar-refractivity contribution in [3.8, 4) is 0 Å². The molecule has 1 unspecified atom stereocenters. The summed E-state index contributed by atoms with van der Waals surface area (Å²) in [5.41, 5.74) is 0. The molecule has 19 heavy (non-hydrogen) atoms. The molecule has 1 fully saturated rings. The highest BCUT2D eigenvalue weighted by Crippen LogP contribution is 2.25. The Morgan fingerprint density at radius 2 is 2.21 bits per heavy atom. The third-order valence-corrected chi connectivity index (χ3v) is 4.74. The molecule has 0 bridgehead atoms. The zero-order chi connectivity index (χ0) is 14.2. The van der Waals surface area contributed by atoms with E-state index in [-0.39, 0.29) is 30.5 Å². The molecule has 0 saturated carbocycles. The minimum absolute atomic E-state index is 0.152. The van der Waals surface area contributed by atoms with Crippen LogP contribution in [0.1, 0.15) is 6.42 Å². The van der Waals surface area contributed by atoms with Gasteiger partial charge in [0.2, 0.25) is 15.0 Å². The van der Waals surface area contributed by atoms with Gasteiger partial charge in [0.1, 0.15) is 0 Å². The van der Waals surface area contributed by atoms with Gasteiger partial charge in [-0.1, -0.05) is 11.8 Å². The number of rotatable bonds is 4. The Labute approximate surface area is 119 Å². The number of hydrogen-bond acceptors (Lipinski definition) is 6. The molecule has 106 valence electrons. The molecule has 1 aliphatic rings. The molecular weight excluding hydrogens is 312 g/mol. The van der Waals surface area contributed by atoms with E-state index < -0.39 is 9.05 Å². The SMILES string of the molecule is CSc1nc(N2CC(CS(=O)(=O)Cl)CC2=O)nn1C. The molecule has 1 aromatic heterocycles. The maximum Gasteiger partial charge on any atom is 0.252 e. The van der Waals surface area contributed by atoms with Crippen molar-refractivity contribution < 1.29 is 13.2 Å². The second-order valence-corrected chi connectivity index (χ2v) is 7.90. The van der Waals surface area contributed by atoms with Crippen LogP contribution in [0.5, 0.6) is 0 Å². The molecule has 0 aliphatic carbocycles. The number of carbonyl (C=O) groups is 1. The molecule has 1 aliphatic heterocycles. The van der Waals surface area contributed by atoms with Gasteiger partial charge in [0.25, 0.3) is 5.95 Å². The minimum atomic E-state index is -3.60. The van der Waals surface area contributed by atoms with Crippen LogP contribution < -0.4 is 4.90 Å². The summed E-state index contributed by atoms with van der Waals surface area (Å²) in [5.74, 6) is -0.384. The molecule has 1 aromatic rings. The topological polar surface area (TPSA) is 85.2 Å². The van der Waals surface area contributed by atoms with Crippen molar-refractivity contribution in [2.75, 3.05) is 23.5 Å². The zero-order valence-corrected chi connectivity index (χ0v) is 12.8. The van der Waals surface area contributed by atoms with Crippen molar-refractivity contribution in [2.45, 2.75) is 11.6 Å². The lowest BCUT2D eigenvalue weighted by atomic mass is 10.1. The predicted molar refractivity (Wildman–Crippen MR) is 72.9 cm³/mol. The summed E-state index contributed by atoms with van der Waals surface area (Å²) in [7, 11) is 3.35. The second kappa shape index (κ2) is 5.29. The van der Waals surface area contributed by atoms with Gasteiger partial charge < -0.3 is 0 Å². The summed E-state index contributed by atoms with van der Waals surface area (Å²) in [5, 5.41) is 4.84. The number of amides is 1. The average Bonchev–Trinajstić information content (AvgIpc) is 2.79. The van der Waals surface area contributed by atoms with E-state index in [0.29, 0.717) is 11.1 Å². The van der Waals surface area contributed by atoms with E-state index >= 15 is 0 Å². The zero-order valence-electron chi connectivity index (χ0n) is 10.4. The number of nitrogens with zero attached hydrogens (tertiary/aromatic N) is 4. The smallest absolute Gasteiger partial charge is 0.252 e. The van der Waals surface area contributed by atoms with Crippen LogP contribution in [0.25, 0.3) is 0 Å². The van der Waals surface area contributed by atoms with E-state index in [2.05, 4.69) is 10.1 Å². The van der Waals surface area contributed by atoms with E-state index in [0.717, 1.165) is 0 Å². The van der Waals surface area contributed by atoms with Gasteiger partial charge in [0.05, 0.1) is 5.75 Å². The Kier molecular flexibility index (Phi) is 4.07. The minimum Gasteiger partial charge on any atom is -0.279 e. The van der Waals surface area contributed by atoms with Crippen molar-refractivity contribution in [2.24, 2.45) is 13.0 Å². The Morgan fingerprint density at radius 1 is 1.53 bits per heavy atom. The van der Waals surface area contributed by atoms with Crippen molar-refractivity contribution in [3.63, 3.8) is 0 Å². The molecule has 1 amide bonds. The summed E-state index contributed by atoms with van der Waals surface area (Å²) in [6, 6.07) is 0. The number of halogens is 1. The normalized spacial score (nSPS) is 20.3. The molecule has 0 spiro atoms. The second-order valence-electron chi connectivity index (χ2n) is 4.30. The summed E-state index contributed by atoms with van der Waals surface area (Å²) < 4.78 is 23.7. The molecule has 7 nitrogen and oxygen atoms in total. The largest absolute Gasteiger partial charge is 0.279 e. The van der Waals surface area contributed by atoms with Crippen molar-refractivity contribution >= 4 is 43.4 Å². The highest BCUT2D eigenvalue weighted by molar-refractivity contribution is 8.13. The maximum atomic E-state index is 11.9. The highest BCUT2D eigenvalue weighted by atomic mass is 35.7. The molecule has 10 heteroatoms. The molecule has 1 atom stereocenters. The number of hydrogen-bond donors (Lipinski definition) is 0. The van der Waals surface area contributed by atoms with Crippen LogP contribution in [0.3, 0.4) is 0 Å². The molecule has 0 N–H and O–H groups in total. The fraction of sp³-hybridized carbons (Fsp3) is 0.667. The molecule has 0 aromatic carbocycles. The van der Waals surface area contributed by atoms with Gasteiger partial charge in [0, 0.05) is 36.6 Å². The van der Waals surface area contributed by atoms with Crippen molar-refractivity contribution in [3.05, 3.63) is 0 Å². The lowest BCUT2D eigenvalue weighted by Crippen LogP contribution is -2.26. The average molecular weight is 325 g/mol. The van der Waals surface area contributed by atoms with Crippen LogP contribution in [-0.4, -0.2) is 47.6 Å². The molecule has 2 heterocycles. The van der Waals surface area contributed by atoms with Gasteiger partial charge in [-0.05, 0) is 6.26 Å². The number of carbonyl (C=O) groups excluding carboxylic acids is 1. The predicted octanol–water partition coefficient (Wildman–Crippen LogP) is 0.458. The van der Waals surface area contributed by atoms with Crippen molar-refractivity contribution in [1.29, 1.82) is 0 Å². The van der Waals surface area contributed by atoms with E-state index in [4.69, 9.17) is 10.7 Å². The van der Waals surface area contributed by atoms with Crippen LogP contribution in [0.2, 0.25) is 0 Å². The van der Waals surface area contributed by atoms with Crippen molar-refractivity contribution in [1.82, 2.24) is 14.8 Å². The van der Waals surface area contributed by atoms with E-state index in [1.165, 1.54) is 16.7 Å². The van der Waals surface area contributed by atoms with Crippen LogP contribution in [0.15, 0.2) is 5.16 Å². The highest BCUT2D eigenvalue weighted by Gasteiger charge is 2.35. The van der Waals surface area contributed by atoms with Gasteiger partial charge in [-0.25, -0.2) is 13.1 Å². The third-order valence-electron chi connectivity index (χ3n) is 2.78. The summed E-state index contributed by atoms with van der Waals surface area (Å²) >= 11 is 1.42. The first-order chi connectivity index (χ1) is 8.80. The van der Waals surface area contributed by atoms with Crippen LogP contribution in [0, 0.1) is 5.92 Å². The number of aryl methyl sites for hydroxylation is 1. The number of anilines is 1. The first-order valence-corrected chi connectivity index (χ1v) is 9.18. The van der Waals surface area contributed by atoms with E-state index in [1.807, 2.05) is 6.26 Å². The third kappa shape index (κ3) is 3.40. The molecule has 0 radical (unpaired) electrons. The molecular formula is C9H13ClN4O3S2. The van der Waals surface area contributed by atoms with Crippen LogP contribution in [-0.2, 0) is 20.9 Å². The van der Waals surface area contributed by atoms with E-state index in [9.17, 15) is 13.2 Å². The Balaban J connectivity index is 2.15. The maximum absolute atomic E-state index is 11.9. The Hall–Kier alpha value is -0.800. The Bertz CT molecular complexity index is 601. The monoisotopic (exact) mass is 324 g/mol. The van der Waals surface area contributed by atoms with Gasteiger partial charge in [0.15, 0.2) is 5.16 Å². The van der Waals surface area contributed by atoms with Crippen LogP contribution >= 0.6 is 22.4 Å². The lowest BCUT2D eigenvalue weighted by Gasteiger charge is -2.11. The lowest BCUT2D eigenvalue weighted by molar-refractivity contribution is -0.117. The van der Waals surface area contributed by atoms with Gasteiger partial charge in [-0.3, -0.25) is 9.69 Å². The van der Waals surface area contributed by atoms with Gasteiger partial charge >= 0.3 is 0 Å². The Morgan fingerprint density at radius 3 is 2.74 bits per heavy atom. The fourth-order valence-electron chi connectivity index (χ4n) is 2.02. The van der Waals surface area contributed by atoms with Gasteiger partial charge in [-0.2, -0.15) is 4.98 Å². The quantitative estimate of drug-likeness (QED) is 0.591. The molecule has 2 rings (SSSR count). The summed E-state index contributed by atoms with van der Waals surface area (Å²) in [4.78, 5) is 17.5. The van der Waals surface area contributed by atoms with Gasteiger partial charge in [-0.15, -0.1) is 5.10 Å². The number of aromatic nitrogens is 3. The van der Waals surface area contributed by atoms with E-state index in [1.54, 1.807) is 11.7 Å².